The van der Waals surface area contributed by atoms with Crippen molar-refractivity contribution in [3.63, 3.8) is 0 Å². The summed E-state index contributed by atoms with van der Waals surface area (Å²) in [5, 5.41) is 5.96. The van der Waals surface area contributed by atoms with Gasteiger partial charge in [0.1, 0.15) is 0 Å². The van der Waals surface area contributed by atoms with Crippen molar-refractivity contribution in [3.8, 4) is 5.75 Å². The maximum absolute atomic E-state index is 13.4. The van der Waals surface area contributed by atoms with E-state index in [-0.39, 0.29) is 17.6 Å². The number of halogens is 1. The van der Waals surface area contributed by atoms with E-state index in [0.717, 1.165) is 25.1 Å². The summed E-state index contributed by atoms with van der Waals surface area (Å²) in [6, 6.07) is 4.69. The van der Waals surface area contributed by atoms with Crippen LogP contribution in [-0.2, 0) is 11.3 Å². The summed E-state index contributed by atoms with van der Waals surface area (Å²) in [5.74, 6) is -0.138. The molecular formula is C13H17FN2O2. The van der Waals surface area contributed by atoms with E-state index >= 15 is 0 Å². The Morgan fingerprint density at radius 2 is 2.44 bits per heavy atom. The Hall–Kier alpha value is -1.62. The topological polar surface area (TPSA) is 50.4 Å². The quantitative estimate of drug-likeness (QED) is 0.842. The van der Waals surface area contributed by atoms with Gasteiger partial charge in [-0.15, -0.1) is 0 Å². The van der Waals surface area contributed by atoms with Crippen molar-refractivity contribution >= 4 is 5.91 Å². The van der Waals surface area contributed by atoms with Crippen LogP contribution in [0.15, 0.2) is 18.2 Å². The van der Waals surface area contributed by atoms with Crippen molar-refractivity contribution in [2.45, 2.75) is 13.0 Å². The van der Waals surface area contributed by atoms with Gasteiger partial charge in [-0.25, -0.2) is 4.39 Å². The molecule has 1 fully saturated rings. The number of carbonyl (C=O) groups is 1. The van der Waals surface area contributed by atoms with Gasteiger partial charge in [-0.05, 0) is 30.7 Å². The molecule has 4 nitrogen and oxygen atoms in total. The van der Waals surface area contributed by atoms with Crippen molar-refractivity contribution in [2.24, 2.45) is 5.92 Å². The lowest BCUT2D eigenvalue weighted by Crippen LogP contribution is -2.31. The second-order valence-corrected chi connectivity index (χ2v) is 4.38. The average molecular weight is 252 g/mol. The average Bonchev–Trinajstić information content (AvgIpc) is 2.90. The number of ether oxygens (including phenoxy) is 1. The number of hydrogen-bond acceptors (Lipinski definition) is 3. The Morgan fingerprint density at radius 1 is 1.61 bits per heavy atom. The van der Waals surface area contributed by atoms with Crippen molar-refractivity contribution in [2.75, 3.05) is 20.2 Å². The second-order valence-electron chi connectivity index (χ2n) is 4.38. The highest BCUT2D eigenvalue weighted by molar-refractivity contribution is 5.79. The molecule has 0 radical (unpaired) electrons. The molecule has 1 aromatic rings. The fourth-order valence-corrected chi connectivity index (χ4v) is 2.03. The number of benzene rings is 1. The Balaban J connectivity index is 1.89. The smallest absolute Gasteiger partial charge is 0.224 e. The van der Waals surface area contributed by atoms with Gasteiger partial charge < -0.3 is 15.4 Å². The molecular weight excluding hydrogens is 235 g/mol. The molecule has 1 aromatic carbocycles. The number of hydrogen-bond donors (Lipinski definition) is 2. The van der Waals surface area contributed by atoms with Crippen LogP contribution in [-0.4, -0.2) is 26.1 Å². The predicted molar refractivity (Wildman–Crippen MR) is 65.8 cm³/mol. The normalized spacial score (nSPS) is 18.7. The number of amides is 1. The van der Waals surface area contributed by atoms with E-state index < -0.39 is 5.82 Å². The van der Waals surface area contributed by atoms with Crippen LogP contribution in [0, 0.1) is 11.7 Å². The van der Waals surface area contributed by atoms with Gasteiger partial charge in [0.05, 0.1) is 13.0 Å². The largest absolute Gasteiger partial charge is 0.494 e. The van der Waals surface area contributed by atoms with Gasteiger partial charge in [-0.1, -0.05) is 6.07 Å². The van der Waals surface area contributed by atoms with Crippen LogP contribution in [0.4, 0.5) is 4.39 Å². The first-order valence-corrected chi connectivity index (χ1v) is 6.01. The minimum atomic E-state index is -0.410. The fourth-order valence-electron chi connectivity index (χ4n) is 2.03. The standard InChI is InChI=1S/C13H17FN2O2/c1-18-12-3-2-9(6-11(12)14)7-16-13(17)10-4-5-15-8-10/h2-3,6,10,15H,4-5,7-8H2,1H3,(H,16,17). The molecule has 5 heteroatoms. The van der Waals surface area contributed by atoms with E-state index in [1.165, 1.54) is 13.2 Å². The van der Waals surface area contributed by atoms with E-state index in [1.54, 1.807) is 12.1 Å². The van der Waals surface area contributed by atoms with Crippen molar-refractivity contribution in [1.82, 2.24) is 10.6 Å². The first-order chi connectivity index (χ1) is 8.70. The van der Waals surface area contributed by atoms with E-state index in [0.29, 0.717) is 6.54 Å². The summed E-state index contributed by atoms with van der Waals surface area (Å²) < 4.78 is 18.3. The van der Waals surface area contributed by atoms with Crippen LogP contribution in [0.25, 0.3) is 0 Å². The third-order valence-electron chi connectivity index (χ3n) is 3.11. The van der Waals surface area contributed by atoms with E-state index in [2.05, 4.69) is 10.6 Å². The molecule has 0 spiro atoms. The van der Waals surface area contributed by atoms with Gasteiger partial charge in [0.15, 0.2) is 11.6 Å². The van der Waals surface area contributed by atoms with Gasteiger partial charge in [-0.3, -0.25) is 4.79 Å². The lowest BCUT2D eigenvalue weighted by atomic mass is 10.1. The van der Waals surface area contributed by atoms with Crippen molar-refractivity contribution < 1.29 is 13.9 Å². The third kappa shape index (κ3) is 2.98. The second kappa shape index (κ2) is 5.82. The Kier molecular flexibility index (Phi) is 4.15. The van der Waals surface area contributed by atoms with Crippen LogP contribution >= 0.6 is 0 Å². The number of methoxy groups -OCH3 is 1. The molecule has 1 saturated heterocycles. The summed E-state index contributed by atoms with van der Waals surface area (Å²) in [4.78, 5) is 11.8. The first-order valence-electron chi connectivity index (χ1n) is 6.01. The van der Waals surface area contributed by atoms with Crippen LogP contribution < -0.4 is 15.4 Å². The maximum Gasteiger partial charge on any atom is 0.224 e. The molecule has 1 aliphatic heterocycles. The summed E-state index contributed by atoms with van der Waals surface area (Å²) >= 11 is 0. The van der Waals surface area contributed by atoms with E-state index in [4.69, 9.17) is 4.74 Å². The van der Waals surface area contributed by atoms with Gasteiger partial charge in [0, 0.05) is 13.1 Å². The van der Waals surface area contributed by atoms with E-state index in [1.807, 2.05) is 0 Å². The molecule has 2 N–H and O–H groups in total. The zero-order chi connectivity index (χ0) is 13.0. The zero-order valence-electron chi connectivity index (χ0n) is 10.3. The minimum Gasteiger partial charge on any atom is -0.494 e. The maximum atomic E-state index is 13.4. The van der Waals surface area contributed by atoms with Crippen LogP contribution in [0.5, 0.6) is 5.75 Å². The molecule has 1 atom stereocenters. The molecule has 0 aromatic heterocycles. The van der Waals surface area contributed by atoms with Gasteiger partial charge in [0.25, 0.3) is 0 Å². The first kappa shape index (κ1) is 12.8. The highest BCUT2D eigenvalue weighted by atomic mass is 19.1. The van der Waals surface area contributed by atoms with E-state index in [9.17, 15) is 9.18 Å². The van der Waals surface area contributed by atoms with Crippen molar-refractivity contribution in [1.29, 1.82) is 0 Å². The molecule has 1 amide bonds. The lowest BCUT2D eigenvalue weighted by Gasteiger charge is -2.10. The third-order valence-corrected chi connectivity index (χ3v) is 3.11. The SMILES string of the molecule is COc1ccc(CNC(=O)C2CCNC2)cc1F. The van der Waals surface area contributed by atoms with Gasteiger partial charge in [0.2, 0.25) is 5.91 Å². The van der Waals surface area contributed by atoms with Gasteiger partial charge >= 0.3 is 0 Å². The predicted octanol–water partition coefficient (Wildman–Crippen LogP) is 1.06. The summed E-state index contributed by atoms with van der Waals surface area (Å²) in [7, 11) is 1.42. The summed E-state index contributed by atoms with van der Waals surface area (Å²) in [6.45, 7) is 1.95. The molecule has 98 valence electrons. The number of rotatable bonds is 4. The van der Waals surface area contributed by atoms with Crippen LogP contribution in [0.2, 0.25) is 0 Å². The molecule has 1 heterocycles. The van der Waals surface area contributed by atoms with Crippen LogP contribution in [0.1, 0.15) is 12.0 Å². The van der Waals surface area contributed by atoms with Crippen molar-refractivity contribution in [3.05, 3.63) is 29.6 Å². The molecule has 1 aliphatic rings. The fraction of sp³-hybridized carbons (Fsp3) is 0.462. The molecule has 0 aliphatic carbocycles. The molecule has 0 bridgehead atoms. The minimum absolute atomic E-state index is 0.0243. The summed E-state index contributed by atoms with van der Waals surface area (Å²) in [5.41, 5.74) is 0.729. The Labute approximate surface area is 106 Å². The molecule has 0 saturated carbocycles. The zero-order valence-corrected chi connectivity index (χ0v) is 10.3. The molecule has 18 heavy (non-hydrogen) atoms. The Morgan fingerprint density at radius 3 is 3.06 bits per heavy atom. The number of carbonyl (C=O) groups excluding carboxylic acids is 1. The monoisotopic (exact) mass is 252 g/mol. The van der Waals surface area contributed by atoms with Crippen LogP contribution in [0.3, 0.4) is 0 Å². The lowest BCUT2D eigenvalue weighted by molar-refractivity contribution is -0.124. The van der Waals surface area contributed by atoms with Gasteiger partial charge in [-0.2, -0.15) is 0 Å². The summed E-state index contributed by atoms with van der Waals surface area (Å²) in [6.07, 6.45) is 0.864. The Bertz CT molecular complexity index is 431. The molecule has 1 unspecified atom stereocenters. The molecule has 2 rings (SSSR count). The highest BCUT2D eigenvalue weighted by Gasteiger charge is 2.21. The highest BCUT2D eigenvalue weighted by Crippen LogP contribution is 2.17. The number of nitrogens with one attached hydrogen (secondary N) is 2.